The van der Waals surface area contributed by atoms with Gasteiger partial charge in [0.25, 0.3) is 0 Å². The maximum Gasteiger partial charge on any atom is 0.311 e. The van der Waals surface area contributed by atoms with Crippen molar-refractivity contribution < 1.29 is 9.53 Å². The predicted octanol–water partition coefficient (Wildman–Crippen LogP) is 2.27. The van der Waals surface area contributed by atoms with E-state index in [9.17, 15) is 4.79 Å². The van der Waals surface area contributed by atoms with E-state index in [4.69, 9.17) is 4.74 Å². The minimum absolute atomic E-state index is 0.211. The van der Waals surface area contributed by atoms with Crippen molar-refractivity contribution in [3.63, 3.8) is 0 Å². The highest BCUT2D eigenvalue weighted by molar-refractivity contribution is 7.99. The average molecular weight is 308 g/mol. The van der Waals surface area contributed by atoms with Crippen molar-refractivity contribution in [3.8, 4) is 10.7 Å². The van der Waals surface area contributed by atoms with E-state index in [0.29, 0.717) is 18.2 Å². The Kier molecular flexibility index (Phi) is 3.83. The minimum atomic E-state index is -0.249. The Labute approximate surface area is 123 Å². The van der Waals surface area contributed by atoms with Crippen molar-refractivity contribution in [1.29, 1.82) is 0 Å². The molecule has 0 amide bonds. The van der Waals surface area contributed by atoms with Crippen LogP contribution in [0.15, 0.2) is 27.8 Å². The molecule has 0 fully saturated rings. The Morgan fingerprint density at radius 3 is 3.15 bits per heavy atom. The van der Waals surface area contributed by atoms with Gasteiger partial charge in [-0.1, -0.05) is 17.8 Å². The molecule has 0 radical (unpaired) electrons. The fraction of sp³-hybridized carbons (Fsp3) is 0.333. The summed E-state index contributed by atoms with van der Waals surface area (Å²) in [6.45, 7) is 2.18. The number of carbonyl (C=O) groups excluding carboxylic acids is 1. The van der Waals surface area contributed by atoms with Gasteiger partial charge in [0, 0.05) is 5.75 Å². The molecule has 0 saturated heterocycles. The van der Waals surface area contributed by atoms with E-state index in [0.717, 1.165) is 15.7 Å². The first-order chi connectivity index (χ1) is 9.78. The van der Waals surface area contributed by atoms with Gasteiger partial charge in [-0.3, -0.25) is 4.79 Å². The molecule has 0 N–H and O–H groups in total. The number of rotatable bonds is 4. The molecule has 0 saturated carbocycles. The van der Waals surface area contributed by atoms with Crippen LogP contribution in [-0.4, -0.2) is 38.9 Å². The van der Waals surface area contributed by atoms with Gasteiger partial charge >= 0.3 is 5.97 Å². The number of fused-ring (bicyclic) bond motifs is 1. The van der Waals surface area contributed by atoms with Crippen molar-refractivity contribution in [2.75, 3.05) is 12.4 Å². The molecule has 0 aromatic carbocycles. The molecular formula is C12H12N4O2S2. The van der Waals surface area contributed by atoms with Crippen LogP contribution in [0.1, 0.15) is 13.3 Å². The third kappa shape index (κ3) is 2.61. The van der Waals surface area contributed by atoms with Gasteiger partial charge in [0.05, 0.1) is 23.6 Å². The first-order valence-electron chi connectivity index (χ1n) is 6.12. The second-order valence-electron chi connectivity index (χ2n) is 4.03. The van der Waals surface area contributed by atoms with Crippen molar-refractivity contribution in [1.82, 2.24) is 14.9 Å². The fourth-order valence-corrected chi connectivity index (χ4v) is 3.29. The normalized spacial score (nSPS) is 13.8. The van der Waals surface area contributed by atoms with E-state index in [1.165, 1.54) is 11.8 Å². The lowest BCUT2D eigenvalue weighted by Gasteiger charge is -2.12. The fourth-order valence-electron chi connectivity index (χ4n) is 1.79. The minimum Gasteiger partial charge on any atom is -0.466 e. The molecule has 1 aliphatic rings. The number of hydrogen-bond acceptors (Lipinski definition) is 7. The lowest BCUT2D eigenvalue weighted by molar-refractivity contribution is -0.141. The summed E-state index contributed by atoms with van der Waals surface area (Å²) in [5, 5.41) is 15.5. The van der Waals surface area contributed by atoms with Gasteiger partial charge in [-0.05, 0) is 18.4 Å². The molecule has 0 spiro atoms. The quantitative estimate of drug-likeness (QED) is 0.810. The molecular weight excluding hydrogens is 296 g/mol. The van der Waals surface area contributed by atoms with E-state index in [1.807, 2.05) is 17.5 Å². The zero-order chi connectivity index (χ0) is 13.9. The summed E-state index contributed by atoms with van der Waals surface area (Å²) in [7, 11) is 0. The highest BCUT2D eigenvalue weighted by Gasteiger charge is 2.21. The van der Waals surface area contributed by atoms with Gasteiger partial charge in [0.15, 0.2) is 5.82 Å². The Morgan fingerprint density at radius 2 is 2.40 bits per heavy atom. The number of thiophene rings is 1. The van der Waals surface area contributed by atoms with Crippen molar-refractivity contribution in [2.45, 2.75) is 18.5 Å². The molecule has 6 nitrogen and oxygen atoms in total. The van der Waals surface area contributed by atoms with E-state index in [1.54, 1.807) is 22.9 Å². The summed E-state index contributed by atoms with van der Waals surface area (Å²) in [4.78, 5) is 12.5. The van der Waals surface area contributed by atoms with Gasteiger partial charge in [-0.2, -0.15) is 9.78 Å². The first kappa shape index (κ1) is 13.3. The third-order valence-corrected chi connectivity index (χ3v) is 4.47. The molecule has 3 rings (SSSR count). The molecule has 2 aromatic rings. The van der Waals surface area contributed by atoms with Crippen LogP contribution in [0.2, 0.25) is 0 Å². The van der Waals surface area contributed by atoms with Crippen LogP contribution in [0, 0.1) is 0 Å². The van der Waals surface area contributed by atoms with Crippen LogP contribution in [0.25, 0.3) is 10.7 Å². The molecule has 0 aliphatic carbocycles. The lowest BCUT2D eigenvalue weighted by atomic mass is 10.3. The predicted molar refractivity (Wildman–Crippen MR) is 78.1 cm³/mol. The molecule has 104 valence electrons. The number of hydrogen-bond donors (Lipinski definition) is 0. The molecule has 0 bridgehead atoms. The molecule has 2 aromatic heterocycles. The van der Waals surface area contributed by atoms with E-state index < -0.39 is 0 Å². The molecule has 8 heteroatoms. The maximum absolute atomic E-state index is 11.5. The van der Waals surface area contributed by atoms with Gasteiger partial charge in [-0.15, -0.1) is 21.5 Å². The van der Waals surface area contributed by atoms with Crippen LogP contribution in [-0.2, 0) is 9.53 Å². The summed E-state index contributed by atoms with van der Waals surface area (Å²) in [6.07, 6.45) is 0.211. The second kappa shape index (κ2) is 5.76. The van der Waals surface area contributed by atoms with Gasteiger partial charge in [0.1, 0.15) is 0 Å². The first-order valence-corrected chi connectivity index (χ1v) is 7.99. The number of ether oxygens (including phenoxy) is 1. The Bertz CT molecular complexity index is 648. The molecule has 20 heavy (non-hydrogen) atoms. The summed E-state index contributed by atoms with van der Waals surface area (Å²) >= 11 is 3.11. The summed E-state index contributed by atoms with van der Waals surface area (Å²) < 4.78 is 6.65. The zero-order valence-corrected chi connectivity index (χ0v) is 12.4. The van der Waals surface area contributed by atoms with Gasteiger partial charge < -0.3 is 4.74 Å². The molecule has 1 aliphatic heterocycles. The topological polar surface area (TPSA) is 69.4 Å². The standard InChI is InChI=1S/C12H12N4O2S2/c1-2-18-10(17)6-8-7-20-12-14-13-11(16(12)15-8)9-4-3-5-19-9/h3-5H,2,6-7H2,1H3. The number of nitrogens with zero attached hydrogens (tertiary/aromatic N) is 4. The van der Waals surface area contributed by atoms with E-state index in [-0.39, 0.29) is 12.4 Å². The number of thioether (sulfide) groups is 1. The van der Waals surface area contributed by atoms with Gasteiger partial charge in [-0.25, -0.2) is 0 Å². The van der Waals surface area contributed by atoms with Crippen molar-refractivity contribution in [3.05, 3.63) is 17.5 Å². The Balaban J connectivity index is 1.87. The summed E-state index contributed by atoms with van der Waals surface area (Å²) in [6, 6.07) is 3.93. The second-order valence-corrected chi connectivity index (χ2v) is 5.92. The number of carbonyl (C=O) groups is 1. The summed E-state index contributed by atoms with van der Waals surface area (Å²) in [5.41, 5.74) is 0.776. The Hall–Kier alpha value is -1.67. The van der Waals surface area contributed by atoms with Gasteiger partial charge in [0.2, 0.25) is 5.16 Å². The SMILES string of the molecule is CCOC(=O)CC1=Nn2c(nnc2-c2cccs2)SC1. The largest absolute Gasteiger partial charge is 0.466 e. The van der Waals surface area contributed by atoms with E-state index in [2.05, 4.69) is 15.3 Å². The lowest BCUT2D eigenvalue weighted by Crippen LogP contribution is -2.18. The molecule has 3 heterocycles. The van der Waals surface area contributed by atoms with Crippen LogP contribution in [0.3, 0.4) is 0 Å². The number of aromatic nitrogens is 3. The van der Waals surface area contributed by atoms with Crippen LogP contribution < -0.4 is 0 Å². The highest BCUT2D eigenvalue weighted by atomic mass is 32.2. The maximum atomic E-state index is 11.5. The van der Waals surface area contributed by atoms with Crippen molar-refractivity contribution in [2.24, 2.45) is 5.10 Å². The van der Waals surface area contributed by atoms with Crippen LogP contribution in [0.4, 0.5) is 0 Å². The molecule has 0 atom stereocenters. The smallest absolute Gasteiger partial charge is 0.311 e. The Morgan fingerprint density at radius 1 is 1.50 bits per heavy atom. The molecule has 0 unspecified atom stereocenters. The van der Waals surface area contributed by atoms with E-state index >= 15 is 0 Å². The monoisotopic (exact) mass is 308 g/mol. The third-order valence-electron chi connectivity index (χ3n) is 2.62. The van der Waals surface area contributed by atoms with Crippen LogP contribution >= 0.6 is 23.1 Å². The summed E-state index contributed by atoms with van der Waals surface area (Å²) in [5.74, 6) is 1.10. The zero-order valence-electron chi connectivity index (χ0n) is 10.8. The van der Waals surface area contributed by atoms with Crippen LogP contribution in [0.5, 0.6) is 0 Å². The highest BCUT2D eigenvalue weighted by Crippen LogP contribution is 2.29. The van der Waals surface area contributed by atoms with Crippen molar-refractivity contribution >= 4 is 34.8 Å². The average Bonchev–Trinajstić information content (AvgIpc) is 3.06. The number of esters is 1.